The molecular weight excluding hydrogens is 397 g/mol. The summed E-state index contributed by atoms with van der Waals surface area (Å²) in [4.78, 5) is 2.19. The third kappa shape index (κ3) is 2.56. The number of rotatable bonds is 2. The third-order valence-corrected chi connectivity index (χ3v) is 6.60. The Morgan fingerprint density at radius 2 is 1.75 bits per heavy atom. The monoisotopic (exact) mass is 418 g/mol. The van der Waals surface area contributed by atoms with Crippen LogP contribution in [0.4, 0.5) is 11.4 Å². The van der Waals surface area contributed by atoms with E-state index in [2.05, 4.69) is 55.2 Å². The van der Waals surface area contributed by atoms with Gasteiger partial charge in [0.05, 0.1) is 22.8 Å². The van der Waals surface area contributed by atoms with Crippen LogP contribution in [0.5, 0.6) is 0 Å². The van der Waals surface area contributed by atoms with Gasteiger partial charge in [0.1, 0.15) is 23.3 Å². The Labute approximate surface area is 186 Å². The Morgan fingerprint density at radius 3 is 2.59 bits per heavy atom. The van der Waals surface area contributed by atoms with Gasteiger partial charge in [0.25, 0.3) is 0 Å². The summed E-state index contributed by atoms with van der Waals surface area (Å²) >= 11 is 0. The second kappa shape index (κ2) is 6.68. The van der Waals surface area contributed by atoms with Crippen molar-refractivity contribution in [1.82, 2.24) is 0 Å². The van der Waals surface area contributed by atoms with E-state index in [0.717, 1.165) is 33.4 Å². The number of hydrogen-bond acceptors (Lipinski definition) is 4. The van der Waals surface area contributed by atoms with Crippen LogP contribution < -0.4 is 10.4 Å². The maximum absolute atomic E-state index is 10.2. The molecule has 0 saturated heterocycles. The van der Waals surface area contributed by atoms with Gasteiger partial charge in [0.15, 0.2) is 5.70 Å². The highest BCUT2D eigenvalue weighted by Crippen LogP contribution is 2.49. The first kappa shape index (κ1) is 19.1. The minimum Gasteiger partial charge on any atom is -0.456 e. The molecule has 5 heteroatoms. The Kier molecular flexibility index (Phi) is 3.99. The number of benzene rings is 3. The molecule has 0 unspecified atom stereocenters. The van der Waals surface area contributed by atoms with Crippen molar-refractivity contribution in [2.45, 2.75) is 19.3 Å². The number of para-hydroxylation sites is 2. The van der Waals surface area contributed by atoms with Crippen LogP contribution in [0.25, 0.3) is 21.9 Å². The zero-order valence-electron chi connectivity index (χ0n) is 17.8. The van der Waals surface area contributed by atoms with Crippen LogP contribution in [0.1, 0.15) is 19.4 Å². The number of allylic oxidation sites excluding steroid dienone is 5. The lowest BCUT2D eigenvalue weighted by Crippen LogP contribution is -2.35. The molecule has 4 aromatic rings. The van der Waals surface area contributed by atoms with Crippen molar-refractivity contribution >= 4 is 45.9 Å². The summed E-state index contributed by atoms with van der Waals surface area (Å²) < 4.78 is 6.02. The fraction of sp³-hybridized carbons (Fsp3) is 0.111. The van der Waals surface area contributed by atoms with Crippen molar-refractivity contribution in [3.8, 4) is 0 Å². The van der Waals surface area contributed by atoms with Gasteiger partial charge in [0.2, 0.25) is 0 Å². The maximum Gasteiger partial charge on any atom is 0.492 e. The second-order valence-electron chi connectivity index (χ2n) is 8.80. The van der Waals surface area contributed by atoms with Gasteiger partial charge in [-0.15, -0.1) is 0 Å². The predicted octanol–water partition coefficient (Wildman–Crippen LogP) is 4.88. The van der Waals surface area contributed by atoms with E-state index in [0.29, 0.717) is 11.0 Å². The van der Waals surface area contributed by atoms with Crippen molar-refractivity contribution in [2.24, 2.45) is 0 Å². The molecule has 0 amide bonds. The Hall–Kier alpha value is -3.63. The van der Waals surface area contributed by atoms with E-state index in [9.17, 15) is 10.0 Å². The van der Waals surface area contributed by atoms with Crippen LogP contribution in [0.3, 0.4) is 0 Å². The van der Waals surface area contributed by atoms with Crippen LogP contribution in [-0.4, -0.2) is 17.2 Å². The van der Waals surface area contributed by atoms with Gasteiger partial charge in [-0.3, -0.25) is 4.90 Å². The highest BCUT2D eigenvalue weighted by atomic mass is 16.4. The molecule has 154 valence electrons. The van der Waals surface area contributed by atoms with E-state index in [1.807, 2.05) is 48.6 Å². The molecule has 2 aliphatic rings. The molecule has 0 spiro atoms. The molecule has 6 rings (SSSR count). The Morgan fingerprint density at radius 1 is 0.969 bits per heavy atom. The zero-order valence-corrected chi connectivity index (χ0v) is 17.8. The minimum atomic E-state index is -1.65. The summed E-state index contributed by atoms with van der Waals surface area (Å²) in [6.45, 7) is 4.46. The van der Waals surface area contributed by atoms with Gasteiger partial charge in [-0.25, -0.2) is 0 Å². The number of furan rings is 1. The molecule has 32 heavy (non-hydrogen) atoms. The van der Waals surface area contributed by atoms with Gasteiger partial charge in [0, 0.05) is 28.0 Å². The summed E-state index contributed by atoms with van der Waals surface area (Å²) in [6.07, 6.45) is 9.27. The Balaban J connectivity index is 1.70. The minimum absolute atomic E-state index is 0.189. The molecule has 0 atom stereocenters. The molecule has 3 aromatic carbocycles. The topological polar surface area (TPSA) is 56.8 Å². The standard InChI is InChI=1S/C27H21BNO3/c1-27(2)20-10-4-6-12-23(20)29(24-13-7-5-11-21(24)27)17-15-19-18-9-3-8-14-25(18)32-26(19)22(16-17)28(30)31/h3-4,6-16,30-31H,1-2H3/q+1. The van der Waals surface area contributed by atoms with Gasteiger partial charge < -0.3 is 14.5 Å². The van der Waals surface area contributed by atoms with Crippen LogP contribution in [0.15, 0.2) is 94.6 Å². The van der Waals surface area contributed by atoms with E-state index >= 15 is 0 Å². The fourth-order valence-electron chi connectivity index (χ4n) is 5.03. The summed E-state index contributed by atoms with van der Waals surface area (Å²) in [5.41, 5.74) is 6.72. The first-order chi connectivity index (χ1) is 15.5. The van der Waals surface area contributed by atoms with Crippen LogP contribution in [0, 0.1) is 6.08 Å². The first-order valence-corrected chi connectivity index (χ1v) is 10.7. The SMILES string of the molecule is CC1(C)C2=C(C=C[C+]=C2)N(c2cc(B(O)O)c3oc4ccccc4c3c2)c2ccccc21. The lowest BCUT2D eigenvalue weighted by Gasteiger charge is -2.38. The van der Waals surface area contributed by atoms with Gasteiger partial charge in [-0.2, -0.15) is 0 Å². The van der Waals surface area contributed by atoms with Crippen molar-refractivity contribution < 1.29 is 14.5 Å². The first-order valence-electron chi connectivity index (χ1n) is 10.7. The molecule has 0 saturated carbocycles. The van der Waals surface area contributed by atoms with Crippen molar-refractivity contribution in [3.63, 3.8) is 0 Å². The molecule has 0 bridgehead atoms. The van der Waals surface area contributed by atoms with E-state index in [-0.39, 0.29) is 5.41 Å². The second-order valence-corrected chi connectivity index (χ2v) is 8.80. The van der Waals surface area contributed by atoms with Gasteiger partial charge in [-0.05, 0) is 43.7 Å². The number of hydrogen-bond donors (Lipinski definition) is 2. The van der Waals surface area contributed by atoms with Gasteiger partial charge >= 0.3 is 7.12 Å². The van der Waals surface area contributed by atoms with Crippen LogP contribution >= 0.6 is 0 Å². The molecule has 1 aliphatic heterocycles. The molecule has 0 radical (unpaired) electrons. The lowest BCUT2D eigenvalue weighted by atomic mass is 9.72. The molecular formula is C27H21BNO3+. The molecule has 1 aliphatic carbocycles. The van der Waals surface area contributed by atoms with E-state index in [4.69, 9.17) is 4.42 Å². The molecule has 1 aromatic heterocycles. The molecule has 4 nitrogen and oxygen atoms in total. The predicted molar refractivity (Wildman–Crippen MR) is 129 cm³/mol. The van der Waals surface area contributed by atoms with Crippen LogP contribution in [-0.2, 0) is 5.41 Å². The fourth-order valence-corrected chi connectivity index (χ4v) is 5.03. The molecule has 2 N–H and O–H groups in total. The van der Waals surface area contributed by atoms with E-state index in [1.165, 1.54) is 11.1 Å². The van der Waals surface area contributed by atoms with Crippen molar-refractivity contribution in [3.05, 3.63) is 102 Å². The smallest absolute Gasteiger partial charge is 0.456 e. The largest absolute Gasteiger partial charge is 0.492 e. The molecule has 2 heterocycles. The summed E-state index contributed by atoms with van der Waals surface area (Å²) in [5.74, 6) is 0. The molecule has 0 fully saturated rings. The maximum atomic E-state index is 10.2. The third-order valence-electron chi connectivity index (χ3n) is 6.60. The quantitative estimate of drug-likeness (QED) is 0.360. The lowest BCUT2D eigenvalue weighted by molar-refractivity contribution is 0.425. The zero-order chi connectivity index (χ0) is 22.0. The number of nitrogens with zero attached hydrogens (tertiary/aromatic N) is 1. The highest BCUT2D eigenvalue weighted by molar-refractivity contribution is 6.62. The number of fused-ring (bicyclic) bond motifs is 4. The van der Waals surface area contributed by atoms with Crippen molar-refractivity contribution in [1.29, 1.82) is 0 Å². The van der Waals surface area contributed by atoms with E-state index < -0.39 is 7.12 Å². The normalized spacial score (nSPS) is 16.3. The van der Waals surface area contributed by atoms with Crippen molar-refractivity contribution in [2.75, 3.05) is 4.90 Å². The average Bonchev–Trinajstić information content (AvgIpc) is 3.17. The summed E-state index contributed by atoms with van der Waals surface area (Å²) in [6, 6.07) is 20.0. The number of anilines is 2. The Bertz CT molecular complexity index is 1490. The van der Waals surface area contributed by atoms with Crippen LogP contribution in [0.2, 0.25) is 0 Å². The summed E-state index contributed by atoms with van der Waals surface area (Å²) in [7, 11) is -1.65. The average molecular weight is 418 g/mol. The highest BCUT2D eigenvalue weighted by Gasteiger charge is 2.43. The summed E-state index contributed by atoms with van der Waals surface area (Å²) in [5, 5.41) is 22.2. The van der Waals surface area contributed by atoms with E-state index in [1.54, 1.807) is 0 Å². The van der Waals surface area contributed by atoms with Gasteiger partial charge in [-0.1, -0.05) is 36.4 Å².